The summed E-state index contributed by atoms with van der Waals surface area (Å²) in [5, 5.41) is 0. The van der Waals surface area contributed by atoms with E-state index in [-0.39, 0.29) is 11.5 Å². The number of hydrogen-bond donors (Lipinski definition) is 1. The van der Waals surface area contributed by atoms with Gasteiger partial charge in [0.2, 0.25) is 0 Å². The van der Waals surface area contributed by atoms with Crippen molar-refractivity contribution in [2.45, 2.75) is 45.6 Å². The zero-order valence-electron chi connectivity index (χ0n) is 11.0. The number of nitrogens with two attached hydrogens (primary N) is 1. The Labute approximate surface area is 107 Å². The van der Waals surface area contributed by atoms with Crippen LogP contribution in [0.3, 0.4) is 0 Å². The number of rotatable bonds is 2. The predicted molar refractivity (Wildman–Crippen MR) is 69.2 cm³/mol. The zero-order valence-corrected chi connectivity index (χ0v) is 11.0. The van der Waals surface area contributed by atoms with Gasteiger partial charge in [-0.3, -0.25) is 0 Å². The van der Waals surface area contributed by atoms with Crippen LogP contribution in [-0.4, -0.2) is 6.04 Å². The van der Waals surface area contributed by atoms with Crippen molar-refractivity contribution in [3.8, 4) is 0 Å². The van der Waals surface area contributed by atoms with Crippen LogP contribution in [0.1, 0.15) is 38.7 Å². The largest absolute Gasteiger partial charge is 0.327 e. The Balaban J connectivity index is 2.12. The Morgan fingerprint density at radius 2 is 1.83 bits per heavy atom. The van der Waals surface area contributed by atoms with Gasteiger partial charge >= 0.3 is 0 Å². The van der Waals surface area contributed by atoms with Gasteiger partial charge in [0, 0.05) is 12.1 Å². The van der Waals surface area contributed by atoms with Crippen molar-refractivity contribution in [3.05, 3.63) is 35.4 Å². The van der Waals surface area contributed by atoms with E-state index in [4.69, 9.17) is 5.73 Å². The predicted octanol–water partition coefficient (Wildman–Crippen LogP) is 3.66. The van der Waals surface area contributed by atoms with E-state index >= 15 is 0 Å². The minimum Gasteiger partial charge on any atom is -0.327 e. The van der Waals surface area contributed by atoms with Crippen LogP contribution >= 0.6 is 0 Å². The van der Waals surface area contributed by atoms with Crippen molar-refractivity contribution in [3.63, 3.8) is 0 Å². The van der Waals surface area contributed by atoms with Crippen LogP contribution in [-0.2, 0) is 6.42 Å². The van der Waals surface area contributed by atoms with Gasteiger partial charge in [-0.05, 0) is 54.7 Å². The molecule has 1 saturated carbocycles. The lowest BCUT2D eigenvalue weighted by atomic mass is 9.68. The molecule has 2 unspecified atom stereocenters. The molecule has 1 fully saturated rings. The molecule has 0 heterocycles. The van der Waals surface area contributed by atoms with Crippen molar-refractivity contribution in [2.75, 3.05) is 0 Å². The van der Waals surface area contributed by atoms with Gasteiger partial charge in [0.1, 0.15) is 11.6 Å². The lowest BCUT2D eigenvalue weighted by molar-refractivity contribution is 0.157. The van der Waals surface area contributed by atoms with E-state index in [0.717, 1.165) is 25.3 Å². The minimum atomic E-state index is -0.506. The van der Waals surface area contributed by atoms with Crippen molar-refractivity contribution in [1.82, 2.24) is 0 Å². The van der Waals surface area contributed by atoms with E-state index in [0.29, 0.717) is 17.9 Å². The molecule has 1 aliphatic carbocycles. The van der Waals surface area contributed by atoms with Gasteiger partial charge < -0.3 is 5.73 Å². The summed E-state index contributed by atoms with van der Waals surface area (Å²) in [6.45, 7) is 4.47. The molecule has 0 saturated heterocycles. The van der Waals surface area contributed by atoms with Gasteiger partial charge in [0.15, 0.2) is 0 Å². The normalized spacial score (nSPS) is 27.2. The van der Waals surface area contributed by atoms with Crippen LogP contribution in [0.15, 0.2) is 18.2 Å². The summed E-state index contributed by atoms with van der Waals surface area (Å²) in [5.41, 5.74) is 7.13. The lowest BCUT2D eigenvalue weighted by Crippen LogP contribution is -2.40. The van der Waals surface area contributed by atoms with Gasteiger partial charge in [-0.2, -0.15) is 0 Å². The summed E-state index contributed by atoms with van der Waals surface area (Å²) >= 11 is 0. The summed E-state index contributed by atoms with van der Waals surface area (Å²) in [6.07, 6.45) is 3.81. The second-order valence-corrected chi connectivity index (χ2v) is 6.31. The summed E-state index contributed by atoms with van der Waals surface area (Å²) < 4.78 is 26.3. The fourth-order valence-corrected chi connectivity index (χ4v) is 3.01. The standard InChI is InChI=1S/C15H21F2N/c1-15(2)4-3-14(18)11(9-15)5-10-6-12(16)8-13(17)7-10/h6-8,11,14H,3-5,9,18H2,1-2H3. The first-order valence-corrected chi connectivity index (χ1v) is 6.56. The van der Waals surface area contributed by atoms with Crippen LogP contribution in [0.4, 0.5) is 8.78 Å². The molecule has 0 aliphatic heterocycles. The van der Waals surface area contributed by atoms with Gasteiger partial charge in [0.25, 0.3) is 0 Å². The quantitative estimate of drug-likeness (QED) is 0.855. The van der Waals surface area contributed by atoms with Crippen LogP contribution in [0.25, 0.3) is 0 Å². The molecular formula is C15H21F2N. The van der Waals surface area contributed by atoms with E-state index < -0.39 is 11.6 Å². The molecule has 0 amide bonds. The first-order chi connectivity index (χ1) is 8.35. The van der Waals surface area contributed by atoms with Gasteiger partial charge in [-0.1, -0.05) is 13.8 Å². The topological polar surface area (TPSA) is 26.0 Å². The van der Waals surface area contributed by atoms with Gasteiger partial charge in [0.05, 0.1) is 0 Å². The van der Waals surface area contributed by atoms with E-state index in [2.05, 4.69) is 13.8 Å². The minimum absolute atomic E-state index is 0.143. The fraction of sp³-hybridized carbons (Fsp3) is 0.600. The molecule has 0 aromatic heterocycles. The monoisotopic (exact) mass is 253 g/mol. The highest BCUT2D eigenvalue weighted by atomic mass is 19.1. The van der Waals surface area contributed by atoms with Crippen LogP contribution in [0, 0.1) is 23.0 Å². The van der Waals surface area contributed by atoms with E-state index in [9.17, 15) is 8.78 Å². The maximum Gasteiger partial charge on any atom is 0.126 e. The smallest absolute Gasteiger partial charge is 0.126 e. The summed E-state index contributed by atoms with van der Waals surface area (Å²) in [4.78, 5) is 0. The molecule has 18 heavy (non-hydrogen) atoms. The van der Waals surface area contributed by atoms with E-state index in [1.165, 1.54) is 12.1 Å². The summed E-state index contributed by atoms with van der Waals surface area (Å²) in [6, 6.07) is 3.88. The Morgan fingerprint density at radius 1 is 1.22 bits per heavy atom. The second kappa shape index (κ2) is 4.96. The Kier molecular flexibility index (Phi) is 3.71. The molecule has 0 bridgehead atoms. The zero-order chi connectivity index (χ0) is 13.3. The average molecular weight is 253 g/mol. The molecular weight excluding hydrogens is 232 g/mol. The number of hydrogen-bond acceptors (Lipinski definition) is 1. The average Bonchev–Trinajstić information content (AvgIpc) is 2.22. The third-order valence-electron chi connectivity index (χ3n) is 3.99. The Hall–Kier alpha value is -0.960. The molecule has 0 spiro atoms. The molecule has 1 aliphatic rings. The maximum absolute atomic E-state index is 13.2. The first-order valence-electron chi connectivity index (χ1n) is 6.56. The third-order valence-corrected chi connectivity index (χ3v) is 3.99. The van der Waals surface area contributed by atoms with Crippen molar-refractivity contribution >= 4 is 0 Å². The van der Waals surface area contributed by atoms with Gasteiger partial charge in [-0.15, -0.1) is 0 Å². The van der Waals surface area contributed by atoms with Crippen LogP contribution < -0.4 is 5.73 Å². The highest BCUT2D eigenvalue weighted by molar-refractivity contribution is 5.19. The molecule has 2 atom stereocenters. The molecule has 100 valence electrons. The SMILES string of the molecule is CC1(C)CCC(N)C(Cc2cc(F)cc(F)c2)C1. The van der Waals surface area contributed by atoms with E-state index in [1.807, 2.05) is 0 Å². The molecule has 1 aromatic carbocycles. The second-order valence-electron chi connectivity index (χ2n) is 6.31. The fourth-order valence-electron chi connectivity index (χ4n) is 3.01. The molecule has 2 N–H and O–H groups in total. The number of benzene rings is 1. The van der Waals surface area contributed by atoms with Crippen LogP contribution in [0.5, 0.6) is 0 Å². The number of halogens is 2. The summed E-state index contributed by atoms with van der Waals surface area (Å²) in [5.74, 6) is -0.697. The maximum atomic E-state index is 13.2. The third kappa shape index (κ3) is 3.29. The highest BCUT2D eigenvalue weighted by Crippen LogP contribution is 2.39. The highest BCUT2D eigenvalue weighted by Gasteiger charge is 2.32. The van der Waals surface area contributed by atoms with Gasteiger partial charge in [-0.25, -0.2) is 8.78 Å². The van der Waals surface area contributed by atoms with E-state index in [1.54, 1.807) is 0 Å². The molecule has 3 heteroatoms. The van der Waals surface area contributed by atoms with Crippen molar-refractivity contribution < 1.29 is 8.78 Å². The molecule has 2 rings (SSSR count). The molecule has 1 nitrogen and oxygen atoms in total. The van der Waals surface area contributed by atoms with Crippen molar-refractivity contribution in [2.24, 2.45) is 17.1 Å². The Morgan fingerprint density at radius 3 is 2.44 bits per heavy atom. The Bertz CT molecular complexity index is 408. The molecule has 0 radical (unpaired) electrons. The summed E-state index contributed by atoms with van der Waals surface area (Å²) in [7, 11) is 0. The lowest BCUT2D eigenvalue weighted by Gasteiger charge is -2.39. The van der Waals surface area contributed by atoms with Crippen molar-refractivity contribution in [1.29, 1.82) is 0 Å². The van der Waals surface area contributed by atoms with Crippen LogP contribution in [0.2, 0.25) is 0 Å². The first kappa shape index (κ1) is 13.5. The molecule has 1 aromatic rings.